The first-order chi connectivity index (χ1) is 7.22. The number of aliphatic hydroxyl groups excluding tert-OH is 1. The van der Waals surface area contributed by atoms with Crippen LogP contribution in [0.4, 0.5) is 17.6 Å². The molecule has 1 aromatic carbocycles. The van der Waals surface area contributed by atoms with Gasteiger partial charge in [-0.05, 0) is 22.0 Å². The first kappa shape index (κ1) is 13.7. The Labute approximate surface area is 102 Å². The van der Waals surface area contributed by atoms with E-state index in [1.807, 2.05) is 0 Å². The highest BCUT2D eigenvalue weighted by atomic mass is 79.9. The molecule has 0 aliphatic carbocycles. The minimum Gasteiger partial charge on any atom is -0.388 e. The third kappa shape index (κ3) is 3.33. The van der Waals surface area contributed by atoms with Gasteiger partial charge in [0.1, 0.15) is 5.82 Å². The number of halogens is 6. The maximum atomic E-state index is 13.4. The quantitative estimate of drug-likeness (QED) is 0.638. The monoisotopic (exact) mass is 320 g/mol. The summed E-state index contributed by atoms with van der Waals surface area (Å²) in [6.07, 6.45) is -8.03. The van der Waals surface area contributed by atoms with Crippen molar-refractivity contribution in [2.45, 2.75) is 18.7 Å². The van der Waals surface area contributed by atoms with Gasteiger partial charge >= 0.3 is 6.18 Å². The van der Waals surface area contributed by atoms with Gasteiger partial charge in [-0.25, -0.2) is 4.39 Å². The van der Waals surface area contributed by atoms with Crippen LogP contribution in [0.15, 0.2) is 16.6 Å². The predicted molar refractivity (Wildman–Crippen MR) is 54.7 cm³/mol. The highest BCUT2D eigenvalue weighted by molar-refractivity contribution is 9.10. The van der Waals surface area contributed by atoms with Gasteiger partial charge in [-0.3, -0.25) is 0 Å². The summed E-state index contributed by atoms with van der Waals surface area (Å²) in [6.45, 7) is 0. The smallest absolute Gasteiger partial charge is 0.388 e. The fraction of sp³-hybridized carbons (Fsp3) is 0.333. The number of hydrogen-bond acceptors (Lipinski definition) is 1. The number of rotatable bonds is 2. The third-order valence-electron chi connectivity index (χ3n) is 1.85. The molecule has 0 fully saturated rings. The van der Waals surface area contributed by atoms with E-state index in [4.69, 9.17) is 11.6 Å². The van der Waals surface area contributed by atoms with Crippen molar-refractivity contribution in [2.75, 3.05) is 0 Å². The Morgan fingerprint density at radius 3 is 2.44 bits per heavy atom. The Kier molecular flexibility index (Phi) is 4.20. The lowest BCUT2D eigenvalue weighted by Crippen LogP contribution is -2.14. The Morgan fingerprint density at radius 1 is 1.38 bits per heavy atom. The molecule has 1 atom stereocenters. The summed E-state index contributed by atoms with van der Waals surface area (Å²) in [4.78, 5) is 0. The minimum absolute atomic E-state index is 0.217. The average Bonchev–Trinajstić information content (AvgIpc) is 2.11. The molecular formula is C9H6BrClF4O. The van der Waals surface area contributed by atoms with Gasteiger partial charge in [-0.15, -0.1) is 0 Å². The SMILES string of the molecule is OC(CC(F)(F)F)c1ccc(Br)c(Cl)c1F. The maximum Gasteiger partial charge on any atom is 0.391 e. The summed E-state index contributed by atoms with van der Waals surface area (Å²) in [6, 6.07) is 2.34. The van der Waals surface area contributed by atoms with Crippen molar-refractivity contribution in [1.82, 2.24) is 0 Å². The second-order valence-corrected chi connectivity index (χ2v) is 4.33. The van der Waals surface area contributed by atoms with E-state index in [0.717, 1.165) is 6.07 Å². The number of aliphatic hydroxyl groups is 1. The fourth-order valence-electron chi connectivity index (χ4n) is 1.13. The molecule has 7 heteroatoms. The molecule has 1 rings (SSSR count). The summed E-state index contributed by atoms with van der Waals surface area (Å²) >= 11 is 8.40. The van der Waals surface area contributed by atoms with E-state index in [2.05, 4.69) is 15.9 Å². The van der Waals surface area contributed by atoms with Crippen LogP contribution in [0.3, 0.4) is 0 Å². The first-order valence-electron chi connectivity index (χ1n) is 4.10. The van der Waals surface area contributed by atoms with Crippen molar-refractivity contribution < 1.29 is 22.7 Å². The molecule has 0 aliphatic rings. The second-order valence-electron chi connectivity index (χ2n) is 3.10. The van der Waals surface area contributed by atoms with E-state index in [0.29, 0.717) is 0 Å². The van der Waals surface area contributed by atoms with Crippen molar-refractivity contribution in [3.63, 3.8) is 0 Å². The maximum absolute atomic E-state index is 13.4. The summed E-state index contributed by atoms with van der Waals surface area (Å²) in [5, 5.41) is 8.87. The van der Waals surface area contributed by atoms with Gasteiger partial charge in [-0.2, -0.15) is 13.2 Å². The Hall–Kier alpha value is -0.330. The molecule has 0 aromatic heterocycles. The van der Waals surface area contributed by atoms with Gasteiger partial charge in [0.05, 0.1) is 17.5 Å². The lowest BCUT2D eigenvalue weighted by Gasteiger charge is -2.15. The van der Waals surface area contributed by atoms with Gasteiger partial charge in [-0.1, -0.05) is 17.7 Å². The molecule has 0 heterocycles. The molecule has 1 nitrogen and oxygen atoms in total. The van der Waals surface area contributed by atoms with Crippen molar-refractivity contribution in [1.29, 1.82) is 0 Å². The van der Waals surface area contributed by atoms with Crippen LogP contribution in [-0.2, 0) is 0 Å². The summed E-state index contributed by atoms with van der Waals surface area (Å²) in [5.74, 6) is -1.05. The molecule has 0 spiro atoms. The van der Waals surface area contributed by atoms with Crippen LogP contribution in [0.1, 0.15) is 18.1 Å². The molecule has 0 saturated carbocycles. The van der Waals surface area contributed by atoms with Gasteiger partial charge < -0.3 is 5.11 Å². The molecule has 0 bridgehead atoms. The van der Waals surface area contributed by atoms with Gasteiger partial charge in [0, 0.05) is 10.0 Å². The summed E-state index contributed by atoms with van der Waals surface area (Å²) < 4.78 is 49.6. The van der Waals surface area contributed by atoms with Crippen LogP contribution >= 0.6 is 27.5 Å². The lowest BCUT2D eigenvalue weighted by atomic mass is 10.1. The molecule has 0 saturated heterocycles. The zero-order valence-corrected chi connectivity index (χ0v) is 10.00. The predicted octanol–water partition coefficient (Wildman–Crippen LogP) is 4.23. The first-order valence-corrected chi connectivity index (χ1v) is 5.27. The van der Waals surface area contributed by atoms with Gasteiger partial charge in [0.25, 0.3) is 0 Å². The van der Waals surface area contributed by atoms with E-state index in [1.165, 1.54) is 6.07 Å². The van der Waals surface area contributed by atoms with Crippen LogP contribution < -0.4 is 0 Å². The standard InChI is InChI=1S/C9H6BrClF4O/c10-5-2-1-4(8(12)7(5)11)6(16)3-9(13,14)15/h1-2,6,16H,3H2. The molecule has 1 aromatic rings. The Morgan fingerprint density at radius 2 is 1.94 bits per heavy atom. The topological polar surface area (TPSA) is 20.2 Å². The molecule has 1 N–H and O–H groups in total. The van der Waals surface area contributed by atoms with Gasteiger partial charge in [0.15, 0.2) is 0 Å². The van der Waals surface area contributed by atoms with E-state index >= 15 is 0 Å². The minimum atomic E-state index is -4.56. The highest BCUT2D eigenvalue weighted by Crippen LogP contribution is 2.34. The number of benzene rings is 1. The van der Waals surface area contributed by atoms with E-state index in [1.54, 1.807) is 0 Å². The van der Waals surface area contributed by atoms with Crippen molar-refractivity contribution >= 4 is 27.5 Å². The van der Waals surface area contributed by atoms with Crippen molar-refractivity contribution in [3.05, 3.63) is 33.0 Å². The van der Waals surface area contributed by atoms with E-state index < -0.39 is 30.1 Å². The van der Waals surface area contributed by atoms with E-state index in [-0.39, 0.29) is 9.50 Å². The van der Waals surface area contributed by atoms with E-state index in [9.17, 15) is 22.7 Å². The van der Waals surface area contributed by atoms with Gasteiger partial charge in [0.2, 0.25) is 0 Å². The van der Waals surface area contributed by atoms with Crippen LogP contribution in [0.2, 0.25) is 5.02 Å². The van der Waals surface area contributed by atoms with Crippen molar-refractivity contribution in [2.24, 2.45) is 0 Å². The normalized spacial score (nSPS) is 13.9. The molecule has 90 valence electrons. The molecule has 0 radical (unpaired) electrons. The van der Waals surface area contributed by atoms with Crippen LogP contribution in [0, 0.1) is 5.82 Å². The third-order valence-corrected chi connectivity index (χ3v) is 3.11. The summed E-state index contributed by atoms with van der Waals surface area (Å²) in [5.41, 5.74) is -0.467. The van der Waals surface area contributed by atoms with Crippen LogP contribution in [0.5, 0.6) is 0 Å². The zero-order valence-electron chi connectivity index (χ0n) is 7.65. The molecule has 0 aliphatic heterocycles. The highest BCUT2D eigenvalue weighted by Gasteiger charge is 2.33. The Balaban J connectivity index is 3.01. The van der Waals surface area contributed by atoms with Crippen LogP contribution in [-0.4, -0.2) is 11.3 Å². The Bertz CT molecular complexity index is 394. The molecular weight excluding hydrogens is 315 g/mol. The average molecular weight is 321 g/mol. The molecule has 0 amide bonds. The number of hydrogen-bond donors (Lipinski definition) is 1. The van der Waals surface area contributed by atoms with Crippen molar-refractivity contribution in [3.8, 4) is 0 Å². The molecule has 16 heavy (non-hydrogen) atoms. The fourth-order valence-corrected chi connectivity index (χ4v) is 1.61. The van der Waals surface area contributed by atoms with Crippen LogP contribution in [0.25, 0.3) is 0 Å². The zero-order chi connectivity index (χ0) is 12.5. The molecule has 1 unspecified atom stereocenters. The number of alkyl halides is 3. The lowest BCUT2D eigenvalue weighted by molar-refractivity contribution is -0.154. The second kappa shape index (κ2) is 4.89. The largest absolute Gasteiger partial charge is 0.391 e. The summed E-state index contributed by atoms with van der Waals surface area (Å²) in [7, 11) is 0.